The van der Waals surface area contributed by atoms with E-state index >= 15 is 0 Å². The van der Waals surface area contributed by atoms with Crippen LogP contribution in [0.1, 0.15) is 15.9 Å². The fourth-order valence-electron chi connectivity index (χ4n) is 1.70. The highest BCUT2D eigenvalue weighted by atomic mass is 35.5. The summed E-state index contributed by atoms with van der Waals surface area (Å²) in [5.74, 6) is -0.247. The van der Waals surface area contributed by atoms with Gasteiger partial charge in [-0.15, -0.1) is 0 Å². The van der Waals surface area contributed by atoms with Crippen LogP contribution in [0.15, 0.2) is 36.7 Å². The van der Waals surface area contributed by atoms with E-state index in [-0.39, 0.29) is 5.91 Å². The first-order chi connectivity index (χ1) is 9.11. The Kier molecular flexibility index (Phi) is 4.02. The summed E-state index contributed by atoms with van der Waals surface area (Å²) in [4.78, 5) is 16.1. The van der Waals surface area contributed by atoms with E-state index in [1.54, 1.807) is 31.4 Å². The maximum atomic E-state index is 12.2. The molecule has 5 heteroatoms. The van der Waals surface area contributed by atoms with Crippen LogP contribution in [0.3, 0.4) is 0 Å². The number of amides is 1. The van der Waals surface area contributed by atoms with Gasteiger partial charge in [0.15, 0.2) is 0 Å². The van der Waals surface area contributed by atoms with E-state index in [4.69, 9.17) is 11.6 Å². The maximum Gasteiger partial charge on any atom is 0.259 e. The van der Waals surface area contributed by atoms with Crippen molar-refractivity contribution in [2.75, 3.05) is 17.7 Å². The summed E-state index contributed by atoms with van der Waals surface area (Å²) in [6, 6.07) is 7.22. The Labute approximate surface area is 116 Å². The lowest BCUT2D eigenvalue weighted by Gasteiger charge is -2.10. The smallest absolute Gasteiger partial charge is 0.259 e. The number of anilines is 2. The number of nitrogens with one attached hydrogen (secondary N) is 2. The number of nitrogens with zero attached hydrogens (tertiary/aromatic N) is 1. The molecule has 0 atom stereocenters. The van der Waals surface area contributed by atoms with Crippen molar-refractivity contribution in [3.05, 3.63) is 52.8 Å². The van der Waals surface area contributed by atoms with Gasteiger partial charge < -0.3 is 10.6 Å². The van der Waals surface area contributed by atoms with Gasteiger partial charge in [-0.25, -0.2) is 0 Å². The number of benzene rings is 1. The molecule has 1 aromatic heterocycles. The number of aromatic nitrogens is 1. The van der Waals surface area contributed by atoms with Gasteiger partial charge in [0.05, 0.1) is 16.3 Å². The van der Waals surface area contributed by atoms with Crippen molar-refractivity contribution in [1.29, 1.82) is 0 Å². The molecule has 0 aliphatic carbocycles. The number of pyridine rings is 1. The zero-order valence-corrected chi connectivity index (χ0v) is 11.5. The highest BCUT2D eigenvalue weighted by Gasteiger charge is 2.12. The number of carbonyl (C=O) groups excluding carboxylic acids is 1. The Hall–Kier alpha value is -2.07. The van der Waals surface area contributed by atoms with E-state index in [1.807, 2.05) is 13.0 Å². The largest absolute Gasteiger partial charge is 0.387 e. The third-order valence-corrected chi connectivity index (χ3v) is 3.02. The summed E-state index contributed by atoms with van der Waals surface area (Å²) < 4.78 is 0. The number of hydrogen-bond acceptors (Lipinski definition) is 3. The van der Waals surface area contributed by atoms with E-state index in [2.05, 4.69) is 15.6 Å². The first-order valence-corrected chi connectivity index (χ1v) is 6.19. The van der Waals surface area contributed by atoms with Crippen molar-refractivity contribution in [2.45, 2.75) is 6.92 Å². The monoisotopic (exact) mass is 275 g/mol. The Balaban J connectivity index is 2.26. The molecule has 0 unspecified atom stereocenters. The van der Waals surface area contributed by atoms with Crippen molar-refractivity contribution in [3.63, 3.8) is 0 Å². The first-order valence-electron chi connectivity index (χ1n) is 5.81. The van der Waals surface area contributed by atoms with Gasteiger partial charge in [-0.3, -0.25) is 9.78 Å². The number of hydrogen-bond donors (Lipinski definition) is 2. The van der Waals surface area contributed by atoms with Crippen molar-refractivity contribution >= 4 is 28.9 Å². The molecular formula is C14H14ClN3O. The predicted octanol–water partition coefficient (Wildman–Crippen LogP) is 3.34. The van der Waals surface area contributed by atoms with Crippen molar-refractivity contribution in [3.8, 4) is 0 Å². The molecule has 0 bridgehead atoms. The van der Waals surface area contributed by atoms with Gasteiger partial charge in [0.2, 0.25) is 0 Å². The van der Waals surface area contributed by atoms with Crippen LogP contribution in [0.5, 0.6) is 0 Å². The first kappa shape index (κ1) is 13.4. The Bertz CT molecular complexity index is 613. The van der Waals surface area contributed by atoms with E-state index in [9.17, 15) is 4.79 Å². The fraction of sp³-hybridized carbons (Fsp3) is 0.143. The quantitative estimate of drug-likeness (QED) is 0.903. The standard InChI is InChI=1S/C14H14ClN3O/c1-9-3-4-13(11(15)7-9)18-14(19)10-8-17-6-5-12(10)16-2/h3-8H,1-2H3,(H,16,17)(H,18,19). The molecule has 1 aromatic carbocycles. The second-order valence-electron chi connectivity index (χ2n) is 4.11. The van der Waals surface area contributed by atoms with Crippen LogP contribution >= 0.6 is 11.6 Å². The van der Waals surface area contributed by atoms with Gasteiger partial charge in [0.25, 0.3) is 5.91 Å². The molecule has 1 amide bonds. The average Bonchev–Trinajstić information content (AvgIpc) is 2.41. The van der Waals surface area contributed by atoms with Gasteiger partial charge >= 0.3 is 0 Å². The number of rotatable bonds is 3. The third-order valence-electron chi connectivity index (χ3n) is 2.71. The zero-order chi connectivity index (χ0) is 13.8. The molecule has 19 heavy (non-hydrogen) atoms. The molecule has 1 heterocycles. The lowest BCUT2D eigenvalue weighted by Crippen LogP contribution is -2.14. The third kappa shape index (κ3) is 3.03. The molecule has 0 aliphatic heterocycles. The van der Waals surface area contributed by atoms with Gasteiger partial charge in [-0.05, 0) is 30.7 Å². The Morgan fingerprint density at radius 1 is 1.26 bits per heavy atom. The zero-order valence-electron chi connectivity index (χ0n) is 10.7. The van der Waals surface area contributed by atoms with Crippen LogP contribution in [0.25, 0.3) is 0 Å². The summed E-state index contributed by atoms with van der Waals surface area (Å²) in [5.41, 5.74) is 2.82. The minimum atomic E-state index is -0.247. The molecule has 0 saturated heterocycles. The van der Waals surface area contributed by atoms with Gasteiger partial charge in [0, 0.05) is 25.1 Å². The molecule has 2 rings (SSSR count). The molecule has 0 saturated carbocycles. The van der Waals surface area contributed by atoms with Crippen LogP contribution in [0, 0.1) is 6.92 Å². The molecule has 98 valence electrons. The van der Waals surface area contributed by atoms with Gasteiger partial charge in [-0.1, -0.05) is 17.7 Å². The molecule has 0 radical (unpaired) electrons. The Morgan fingerprint density at radius 2 is 2.05 bits per heavy atom. The van der Waals surface area contributed by atoms with Crippen molar-refractivity contribution in [1.82, 2.24) is 4.98 Å². The summed E-state index contributed by atoms with van der Waals surface area (Å²) in [6.45, 7) is 1.94. The summed E-state index contributed by atoms with van der Waals surface area (Å²) in [7, 11) is 1.75. The minimum absolute atomic E-state index is 0.247. The molecular weight excluding hydrogens is 262 g/mol. The van der Waals surface area contributed by atoms with Crippen LogP contribution in [-0.2, 0) is 0 Å². The molecule has 2 N–H and O–H groups in total. The molecule has 4 nitrogen and oxygen atoms in total. The SMILES string of the molecule is CNc1ccncc1C(=O)Nc1ccc(C)cc1Cl. The number of carbonyl (C=O) groups is 1. The van der Waals surface area contributed by atoms with Crippen LogP contribution < -0.4 is 10.6 Å². The topological polar surface area (TPSA) is 54.0 Å². The summed E-state index contributed by atoms with van der Waals surface area (Å²) in [5, 5.41) is 6.25. The van der Waals surface area contributed by atoms with Gasteiger partial charge in [0.1, 0.15) is 0 Å². The number of aryl methyl sites for hydroxylation is 1. The minimum Gasteiger partial charge on any atom is -0.387 e. The second-order valence-corrected chi connectivity index (χ2v) is 4.52. The number of halogens is 1. The summed E-state index contributed by atoms with van der Waals surface area (Å²) in [6.07, 6.45) is 3.14. The van der Waals surface area contributed by atoms with Crippen molar-refractivity contribution in [2.24, 2.45) is 0 Å². The molecule has 0 aliphatic rings. The van der Waals surface area contributed by atoms with Crippen LogP contribution in [-0.4, -0.2) is 17.9 Å². The van der Waals surface area contributed by atoms with E-state index in [0.29, 0.717) is 16.3 Å². The average molecular weight is 276 g/mol. The molecule has 0 spiro atoms. The second kappa shape index (κ2) is 5.71. The van der Waals surface area contributed by atoms with E-state index in [0.717, 1.165) is 11.3 Å². The van der Waals surface area contributed by atoms with Crippen molar-refractivity contribution < 1.29 is 4.79 Å². The lowest BCUT2D eigenvalue weighted by molar-refractivity contribution is 0.102. The predicted molar refractivity (Wildman–Crippen MR) is 77.9 cm³/mol. The Morgan fingerprint density at radius 3 is 2.74 bits per heavy atom. The maximum absolute atomic E-state index is 12.2. The fourth-order valence-corrected chi connectivity index (χ4v) is 1.99. The van der Waals surface area contributed by atoms with Crippen LogP contribution in [0.2, 0.25) is 5.02 Å². The molecule has 2 aromatic rings. The van der Waals surface area contributed by atoms with Gasteiger partial charge in [-0.2, -0.15) is 0 Å². The van der Waals surface area contributed by atoms with E-state index in [1.165, 1.54) is 6.20 Å². The van der Waals surface area contributed by atoms with E-state index < -0.39 is 0 Å². The summed E-state index contributed by atoms with van der Waals surface area (Å²) >= 11 is 6.09. The lowest BCUT2D eigenvalue weighted by atomic mass is 10.2. The normalized spacial score (nSPS) is 10.1. The highest BCUT2D eigenvalue weighted by molar-refractivity contribution is 6.34. The van der Waals surface area contributed by atoms with Crippen LogP contribution in [0.4, 0.5) is 11.4 Å². The molecule has 0 fully saturated rings. The highest BCUT2D eigenvalue weighted by Crippen LogP contribution is 2.24.